The summed E-state index contributed by atoms with van der Waals surface area (Å²) in [5.41, 5.74) is 8.60. The molecule has 0 bridgehead atoms. The third kappa shape index (κ3) is 2.43. The molecule has 1 aromatic heterocycles. The minimum atomic E-state index is 0.205. The van der Waals surface area contributed by atoms with Crippen molar-refractivity contribution in [2.75, 3.05) is 0 Å². The monoisotopic (exact) mass is 259 g/mol. The minimum Gasteiger partial charge on any atom is -0.374 e. The zero-order valence-corrected chi connectivity index (χ0v) is 11.0. The average Bonchev–Trinajstić information content (AvgIpc) is 2.64. The summed E-state index contributed by atoms with van der Waals surface area (Å²) in [4.78, 5) is 0. The molecular weight excluding hydrogens is 246 g/mol. The summed E-state index contributed by atoms with van der Waals surface area (Å²) >= 11 is 4.91. The van der Waals surface area contributed by atoms with Crippen LogP contribution in [0.1, 0.15) is 11.4 Å². The van der Waals surface area contributed by atoms with Crippen molar-refractivity contribution < 1.29 is 0 Å². The second-order valence-corrected chi connectivity index (χ2v) is 4.22. The maximum Gasteiger partial charge on any atom is 0.191 e. The van der Waals surface area contributed by atoms with Gasteiger partial charge in [0.1, 0.15) is 5.69 Å². The van der Waals surface area contributed by atoms with E-state index in [1.54, 1.807) is 0 Å². The van der Waals surface area contributed by atoms with Crippen molar-refractivity contribution in [3.63, 3.8) is 0 Å². The Morgan fingerprint density at radius 3 is 2.44 bits per heavy atom. The lowest BCUT2D eigenvalue weighted by atomic mass is 10.3. The van der Waals surface area contributed by atoms with Gasteiger partial charge in [0.2, 0.25) is 0 Å². The fraction of sp³-hybridized carbons (Fsp3) is 0.167. The third-order valence-corrected chi connectivity index (χ3v) is 2.66. The first kappa shape index (κ1) is 12.4. The van der Waals surface area contributed by atoms with Gasteiger partial charge in [0.05, 0.1) is 17.1 Å². The minimum absolute atomic E-state index is 0.205. The van der Waals surface area contributed by atoms with Crippen LogP contribution < -0.4 is 5.73 Å². The summed E-state index contributed by atoms with van der Waals surface area (Å²) in [5, 5.41) is 12.8. The Morgan fingerprint density at radius 2 is 1.89 bits per heavy atom. The van der Waals surface area contributed by atoms with E-state index >= 15 is 0 Å². The van der Waals surface area contributed by atoms with Crippen molar-refractivity contribution in [3.8, 4) is 0 Å². The summed E-state index contributed by atoms with van der Waals surface area (Å²) in [6.45, 7) is 3.71. The number of nitrogens with zero attached hydrogens (tertiary/aromatic N) is 4. The van der Waals surface area contributed by atoms with Gasteiger partial charge < -0.3 is 5.73 Å². The molecule has 2 rings (SSSR count). The van der Waals surface area contributed by atoms with Gasteiger partial charge >= 0.3 is 0 Å². The highest BCUT2D eigenvalue weighted by atomic mass is 32.1. The molecule has 0 atom stereocenters. The van der Waals surface area contributed by atoms with Gasteiger partial charge in [-0.3, -0.25) is 0 Å². The van der Waals surface area contributed by atoms with E-state index < -0.39 is 0 Å². The van der Waals surface area contributed by atoms with E-state index in [1.165, 1.54) is 4.68 Å². The molecule has 0 saturated heterocycles. The van der Waals surface area contributed by atoms with Crippen LogP contribution in [-0.2, 0) is 0 Å². The summed E-state index contributed by atoms with van der Waals surface area (Å²) in [5.74, 6) is 0. The lowest BCUT2D eigenvalue weighted by Gasteiger charge is -1.98. The molecule has 2 N–H and O–H groups in total. The van der Waals surface area contributed by atoms with Crippen LogP contribution in [-0.4, -0.2) is 14.9 Å². The maximum atomic E-state index is 5.56. The second-order valence-electron chi connectivity index (χ2n) is 3.81. The van der Waals surface area contributed by atoms with Crippen molar-refractivity contribution in [2.24, 2.45) is 16.0 Å². The van der Waals surface area contributed by atoms with Crippen LogP contribution in [0.4, 0.5) is 11.4 Å². The number of thiocarbonyl (C=S) groups is 1. The molecule has 1 aromatic carbocycles. The molecule has 0 aliphatic heterocycles. The number of aryl methyl sites for hydroxylation is 1. The molecule has 0 radical (unpaired) electrons. The summed E-state index contributed by atoms with van der Waals surface area (Å²) in [7, 11) is 0. The molecule has 0 unspecified atom stereocenters. The van der Waals surface area contributed by atoms with E-state index in [0.29, 0.717) is 5.69 Å². The number of nitrogens with two attached hydrogens (primary N) is 1. The number of aromatic nitrogens is 2. The number of hydrogen-bond acceptors (Lipinski definition) is 4. The second kappa shape index (κ2) is 5.05. The van der Waals surface area contributed by atoms with Crippen LogP contribution in [0.5, 0.6) is 0 Å². The Kier molecular flexibility index (Phi) is 3.47. The van der Waals surface area contributed by atoms with Crippen molar-refractivity contribution in [1.29, 1.82) is 0 Å². The number of azo groups is 1. The Labute approximate surface area is 110 Å². The summed E-state index contributed by atoms with van der Waals surface area (Å²) in [6.07, 6.45) is 0. The zero-order valence-electron chi connectivity index (χ0n) is 10.2. The smallest absolute Gasteiger partial charge is 0.191 e. The van der Waals surface area contributed by atoms with Gasteiger partial charge in [-0.15, -0.1) is 5.11 Å². The normalized spacial score (nSPS) is 11.0. The molecule has 18 heavy (non-hydrogen) atoms. The number of rotatable bonds is 2. The standard InChI is InChI=1S/C12H13N5S/c1-8-11(9(2)17(16-8)12(13)18)15-14-10-6-4-3-5-7-10/h3-7H,1-2H3,(H2,13,18). The first-order chi connectivity index (χ1) is 8.59. The van der Waals surface area contributed by atoms with E-state index in [1.807, 2.05) is 44.2 Å². The summed E-state index contributed by atoms with van der Waals surface area (Å²) < 4.78 is 1.49. The molecule has 2 aromatic rings. The Balaban J connectivity index is 2.35. The maximum absolute atomic E-state index is 5.56. The first-order valence-corrected chi connectivity index (χ1v) is 5.83. The number of hydrogen-bond donors (Lipinski definition) is 1. The van der Waals surface area contributed by atoms with Crippen LogP contribution in [0, 0.1) is 13.8 Å². The van der Waals surface area contributed by atoms with E-state index in [0.717, 1.165) is 17.1 Å². The van der Waals surface area contributed by atoms with E-state index in [-0.39, 0.29) is 5.11 Å². The highest BCUT2D eigenvalue weighted by Gasteiger charge is 2.12. The highest BCUT2D eigenvalue weighted by molar-refractivity contribution is 7.80. The van der Waals surface area contributed by atoms with Crippen LogP contribution in [0.25, 0.3) is 0 Å². The molecule has 0 amide bonds. The first-order valence-electron chi connectivity index (χ1n) is 5.42. The molecule has 0 spiro atoms. The molecule has 0 fully saturated rings. The lowest BCUT2D eigenvalue weighted by molar-refractivity contribution is 0.886. The Bertz CT molecular complexity index is 600. The fourth-order valence-electron chi connectivity index (χ4n) is 1.60. The molecule has 0 aliphatic carbocycles. The van der Waals surface area contributed by atoms with Gasteiger partial charge in [0, 0.05) is 0 Å². The number of benzene rings is 1. The van der Waals surface area contributed by atoms with Crippen molar-refractivity contribution in [1.82, 2.24) is 9.78 Å². The third-order valence-electron chi connectivity index (χ3n) is 2.48. The van der Waals surface area contributed by atoms with Gasteiger partial charge in [-0.2, -0.15) is 10.2 Å². The van der Waals surface area contributed by atoms with Gasteiger partial charge in [0.25, 0.3) is 0 Å². The molecular formula is C12H13N5S. The predicted octanol–water partition coefficient (Wildman–Crippen LogP) is 3.01. The van der Waals surface area contributed by atoms with Gasteiger partial charge in [-0.25, -0.2) is 4.68 Å². The lowest BCUT2D eigenvalue weighted by Crippen LogP contribution is -2.21. The molecule has 1 heterocycles. The van der Waals surface area contributed by atoms with Crippen LogP contribution in [0.2, 0.25) is 0 Å². The van der Waals surface area contributed by atoms with Crippen molar-refractivity contribution in [2.45, 2.75) is 13.8 Å². The Hall–Kier alpha value is -2.08. The predicted molar refractivity (Wildman–Crippen MR) is 74.5 cm³/mol. The fourth-order valence-corrected chi connectivity index (χ4v) is 1.77. The highest BCUT2D eigenvalue weighted by Crippen LogP contribution is 2.25. The van der Waals surface area contributed by atoms with Crippen molar-refractivity contribution in [3.05, 3.63) is 41.7 Å². The van der Waals surface area contributed by atoms with E-state index in [2.05, 4.69) is 15.3 Å². The van der Waals surface area contributed by atoms with Crippen LogP contribution >= 0.6 is 12.2 Å². The molecule has 6 heteroatoms. The zero-order chi connectivity index (χ0) is 13.1. The quantitative estimate of drug-likeness (QED) is 0.665. The SMILES string of the molecule is Cc1nn(C(N)=S)c(C)c1N=Nc1ccccc1. The molecule has 92 valence electrons. The molecule has 0 saturated carbocycles. The molecule has 0 aliphatic rings. The average molecular weight is 259 g/mol. The Morgan fingerprint density at radius 1 is 1.22 bits per heavy atom. The topological polar surface area (TPSA) is 68.6 Å². The largest absolute Gasteiger partial charge is 0.374 e. The van der Waals surface area contributed by atoms with Crippen molar-refractivity contribution >= 4 is 28.7 Å². The van der Waals surface area contributed by atoms with Gasteiger partial charge in [-0.05, 0) is 38.2 Å². The van der Waals surface area contributed by atoms with Crippen LogP contribution in [0.15, 0.2) is 40.6 Å². The van der Waals surface area contributed by atoms with E-state index in [4.69, 9.17) is 18.0 Å². The van der Waals surface area contributed by atoms with Gasteiger partial charge in [0.15, 0.2) is 5.11 Å². The van der Waals surface area contributed by atoms with Gasteiger partial charge in [-0.1, -0.05) is 18.2 Å². The van der Waals surface area contributed by atoms with Crippen LogP contribution in [0.3, 0.4) is 0 Å². The summed E-state index contributed by atoms with van der Waals surface area (Å²) in [6, 6.07) is 9.51. The van der Waals surface area contributed by atoms with E-state index in [9.17, 15) is 0 Å². The molecule has 5 nitrogen and oxygen atoms in total.